The fourth-order valence-electron chi connectivity index (χ4n) is 2.34. The molecule has 1 aromatic rings. The van der Waals surface area contributed by atoms with Gasteiger partial charge in [-0.1, -0.05) is 12.1 Å². The van der Waals surface area contributed by atoms with E-state index >= 15 is 0 Å². The molecule has 0 radical (unpaired) electrons. The highest BCUT2D eigenvalue weighted by Crippen LogP contribution is 2.25. The number of rotatable bonds is 5. The Morgan fingerprint density at radius 3 is 2.41 bits per heavy atom. The molecule has 1 aliphatic rings. The third kappa shape index (κ3) is 3.34. The Morgan fingerprint density at radius 2 is 1.77 bits per heavy atom. The zero-order valence-corrected chi connectivity index (χ0v) is 11.6. The van der Waals surface area contributed by atoms with Crippen molar-refractivity contribution >= 4 is 11.4 Å². The maximum Gasteiger partial charge on any atom is 0.292 e. The molecule has 0 amide bonds. The van der Waals surface area contributed by atoms with Crippen LogP contribution < -0.4 is 5.32 Å². The van der Waals surface area contributed by atoms with Crippen molar-refractivity contribution in [3.8, 4) is 0 Å². The lowest BCUT2D eigenvalue weighted by atomic mass is 9.95. The quantitative estimate of drug-likeness (QED) is 0.338. The van der Waals surface area contributed by atoms with Gasteiger partial charge in [-0.25, -0.2) is 0 Å². The number of hydrogen-bond donors (Lipinski definition) is 5. The van der Waals surface area contributed by atoms with Crippen LogP contribution in [0.3, 0.4) is 0 Å². The van der Waals surface area contributed by atoms with Gasteiger partial charge in [-0.2, -0.15) is 0 Å². The minimum Gasteiger partial charge on any atom is -0.394 e. The largest absolute Gasteiger partial charge is 0.394 e. The predicted octanol–water partition coefficient (Wildman–Crippen LogP) is -1.15. The Labute approximate surface area is 125 Å². The van der Waals surface area contributed by atoms with Gasteiger partial charge in [0.15, 0.2) is 0 Å². The number of nitrogens with one attached hydrogen (secondary N) is 1. The van der Waals surface area contributed by atoms with Gasteiger partial charge in [0.25, 0.3) is 5.69 Å². The molecular formula is C13H18N2O7. The molecule has 0 bridgehead atoms. The number of nitro groups is 1. The van der Waals surface area contributed by atoms with E-state index in [0.29, 0.717) is 0 Å². The van der Waals surface area contributed by atoms with Crippen LogP contribution in [0.1, 0.15) is 0 Å². The second kappa shape index (κ2) is 6.99. The summed E-state index contributed by atoms with van der Waals surface area (Å²) in [6.07, 6.45) is -6.22. The number of para-hydroxylation sites is 2. The smallest absolute Gasteiger partial charge is 0.292 e. The van der Waals surface area contributed by atoms with Crippen LogP contribution in [0.2, 0.25) is 0 Å². The molecule has 0 aliphatic carbocycles. The van der Waals surface area contributed by atoms with Gasteiger partial charge in [-0.3, -0.25) is 10.1 Å². The molecule has 0 unspecified atom stereocenters. The Bertz CT molecular complexity index is 525. The van der Waals surface area contributed by atoms with Crippen LogP contribution in [0.4, 0.5) is 11.4 Å². The number of anilines is 1. The Morgan fingerprint density at radius 1 is 1.14 bits per heavy atom. The van der Waals surface area contributed by atoms with Gasteiger partial charge in [0.2, 0.25) is 0 Å². The molecule has 1 aromatic carbocycles. The summed E-state index contributed by atoms with van der Waals surface area (Å²) in [4.78, 5) is 10.4. The van der Waals surface area contributed by atoms with Crippen molar-refractivity contribution in [1.29, 1.82) is 0 Å². The van der Waals surface area contributed by atoms with Crippen molar-refractivity contribution in [2.24, 2.45) is 0 Å². The molecule has 9 nitrogen and oxygen atoms in total. The van der Waals surface area contributed by atoms with Gasteiger partial charge in [0.1, 0.15) is 36.2 Å². The average molecular weight is 314 g/mol. The van der Waals surface area contributed by atoms with Crippen LogP contribution >= 0.6 is 0 Å². The minimum atomic E-state index is -1.47. The lowest BCUT2D eigenvalue weighted by molar-refractivity contribution is -0.384. The summed E-state index contributed by atoms with van der Waals surface area (Å²) in [5, 5.41) is 52.0. The molecule has 22 heavy (non-hydrogen) atoms. The lowest BCUT2D eigenvalue weighted by Gasteiger charge is -2.40. The highest BCUT2D eigenvalue weighted by molar-refractivity contribution is 5.61. The number of ether oxygens (including phenoxy) is 1. The van der Waals surface area contributed by atoms with Crippen LogP contribution in [0.25, 0.3) is 0 Å². The van der Waals surface area contributed by atoms with E-state index in [1.54, 1.807) is 6.07 Å². The van der Waals surface area contributed by atoms with Crippen molar-refractivity contribution < 1.29 is 30.1 Å². The van der Waals surface area contributed by atoms with Crippen molar-refractivity contribution in [1.82, 2.24) is 0 Å². The van der Waals surface area contributed by atoms with E-state index in [1.807, 2.05) is 0 Å². The molecule has 1 aliphatic heterocycles. The predicted molar refractivity (Wildman–Crippen MR) is 75.4 cm³/mol. The highest BCUT2D eigenvalue weighted by Gasteiger charge is 2.43. The van der Waals surface area contributed by atoms with E-state index in [4.69, 9.17) is 9.84 Å². The van der Waals surface area contributed by atoms with E-state index < -0.39 is 42.1 Å². The van der Waals surface area contributed by atoms with E-state index in [9.17, 15) is 25.4 Å². The van der Waals surface area contributed by atoms with Crippen LogP contribution in [0.15, 0.2) is 24.3 Å². The maximum absolute atomic E-state index is 10.9. The van der Waals surface area contributed by atoms with Gasteiger partial charge in [0, 0.05) is 12.6 Å². The summed E-state index contributed by atoms with van der Waals surface area (Å²) in [5.41, 5.74) is 0.108. The van der Waals surface area contributed by atoms with Crippen molar-refractivity contribution in [2.75, 3.05) is 18.5 Å². The summed E-state index contributed by atoms with van der Waals surface area (Å²) in [7, 11) is 0. The Kier molecular flexibility index (Phi) is 5.27. The van der Waals surface area contributed by atoms with E-state index in [1.165, 1.54) is 18.2 Å². The number of aliphatic hydroxyl groups is 4. The number of hydrogen-bond acceptors (Lipinski definition) is 8. The van der Waals surface area contributed by atoms with Crippen molar-refractivity contribution in [3.05, 3.63) is 34.4 Å². The molecule has 1 heterocycles. The molecule has 0 spiro atoms. The topological polar surface area (TPSA) is 145 Å². The van der Waals surface area contributed by atoms with Crippen molar-refractivity contribution in [2.45, 2.75) is 30.5 Å². The van der Waals surface area contributed by atoms with Gasteiger partial charge in [0.05, 0.1) is 11.5 Å². The van der Waals surface area contributed by atoms with Gasteiger partial charge in [-0.15, -0.1) is 0 Å². The number of nitrogens with zero attached hydrogens (tertiary/aromatic N) is 1. The first-order chi connectivity index (χ1) is 10.5. The Balaban J connectivity index is 2.06. The summed E-state index contributed by atoms with van der Waals surface area (Å²) in [6.45, 7) is -0.556. The molecule has 122 valence electrons. The molecule has 1 fully saturated rings. The minimum absolute atomic E-state index is 0.0354. The first kappa shape index (κ1) is 16.6. The molecular weight excluding hydrogens is 296 g/mol. The zero-order chi connectivity index (χ0) is 16.3. The first-order valence-corrected chi connectivity index (χ1v) is 6.73. The first-order valence-electron chi connectivity index (χ1n) is 6.73. The third-order valence-electron chi connectivity index (χ3n) is 3.59. The molecule has 1 saturated heterocycles. The monoisotopic (exact) mass is 314 g/mol. The number of nitro benzene ring substituents is 1. The van der Waals surface area contributed by atoms with Gasteiger partial charge >= 0.3 is 0 Å². The number of aliphatic hydroxyl groups excluding tert-OH is 4. The van der Waals surface area contributed by atoms with E-state index in [0.717, 1.165) is 0 Å². The lowest BCUT2D eigenvalue weighted by Crippen LogP contribution is -2.60. The van der Waals surface area contributed by atoms with Crippen LogP contribution in [-0.4, -0.2) is 69.0 Å². The standard InChI is InChI=1S/C13H18N2O7/c16-6-10-12(18)13(19)11(17)9(22-10)5-14-7-3-1-2-4-8(7)15(20)21/h1-4,9-14,16-19H,5-6H2/t9-,10+,11-,12+,13+/m0/s1. The second-order valence-electron chi connectivity index (χ2n) is 5.02. The SMILES string of the molecule is O=[N+]([O-])c1ccccc1NC[C@@H]1O[C@H](CO)[C@@H](O)[C@H](O)[C@H]1O. The molecule has 0 saturated carbocycles. The fourth-order valence-corrected chi connectivity index (χ4v) is 2.34. The summed E-state index contributed by atoms with van der Waals surface area (Å²) < 4.78 is 5.31. The third-order valence-corrected chi connectivity index (χ3v) is 3.59. The molecule has 2 rings (SSSR count). The molecule has 5 atom stereocenters. The maximum atomic E-state index is 10.9. The zero-order valence-electron chi connectivity index (χ0n) is 11.6. The van der Waals surface area contributed by atoms with Crippen molar-refractivity contribution in [3.63, 3.8) is 0 Å². The molecule has 9 heteroatoms. The van der Waals surface area contributed by atoms with Gasteiger partial charge < -0.3 is 30.5 Å². The summed E-state index contributed by atoms with van der Waals surface area (Å²) >= 11 is 0. The molecule has 0 aromatic heterocycles. The summed E-state index contributed by atoms with van der Waals surface area (Å²) in [6, 6.07) is 5.97. The van der Waals surface area contributed by atoms with E-state index in [-0.39, 0.29) is 17.9 Å². The number of benzene rings is 1. The van der Waals surface area contributed by atoms with E-state index in [2.05, 4.69) is 5.32 Å². The van der Waals surface area contributed by atoms with Crippen LogP contribution in [0, 0.1) is 10.1 Å². The van der Waals surface area contributed by atoms with Crippen LogP contribution in [0.5, 0.6) is 0 Å². The Hall–Kier alpha value is -1.78. The second-order valence-corrected chi connectivity index (χ2v) is 5.02. The fraction of sp³-hybridized carbons (Fsp3) is 0.538. The average Bonchev–Trinajstić information content (AvgIpc) is 2.52. The normalized spacial score (nSPS) is 31.7. The van der Waals surface area contributed by atoms with Crippen LogP contribution in [-0.2, 0) is 4.74 Å². The molecule has 5 N–H and O–H groups in total. The van der Waals surface area contributed by atoms with Gasteiger partial charge in [-0.05, 0) is 6.07 Å². The summed E-state index contributed by atoms with van der Waals surface area (Å²) in [5.74, 6) is 0. The highest BCUT2D eigenvalue weighted by atomic mass is 16.6.